The fraction of sp³-hybridized carbons (Fsp3) is 0.444. The van der Waals surface area contributed by atoms with Crippen molar-refractivity contribution in [2.24, 2.45) is 5.92 Å². The number of aromatic nitrogens is 2. The van der Waals surface area contributed by atoms with Crippen LogP contribution in [0.15, 0.2) is 53.4 Å². The summed E-state index contributed by atoms with van der Waals surface area (Å²) in [6.07, 6.45) is 2.09. The number of thiazole rings is 1. The van der Waals surface area contributed by atoms with E-state index in [1.165, 1.54) is 21.9 Å². The summed E-state index contributed by atoms with van der Waals surface area (Å²) < 4.78 is 5.54. The van der Waals surface area contributed by atoms with Crippen LogP contribution in [0, 0.1) is 5.92 Å². The Morgan fingerprint density at radius 3 is 2.61 bits per heavy atom. The van der Waals surface area contributed by atoms with Crippen molar-refractivity contribution in [2.75, 3.05) is 55.7 Å². The van der Waals surface area contributed by atoms with Gasteiger partial charge >= 0.3 is 6.09 Å². The molecule has 36 heavy (non-hydrogen) atoms. The van der Waals surface area contributed by atoms with Crippen molar-refractivity contribution in [2.45, 2.75) is 25.8 Å². The second kappa shape index (κ2) is 11.7. The van der Waals surface area contributed by atoms with E-state index in [9.17, 15) is 9.90 Å². The molecule has 5 rings (SSSR count). The van der Waals surface area contributed by atoms with E-state index in [-0.39, 0.29) is 0 Å². The summed E-state index contributed by atoms with van der Waals surface area (Å²) in [6.45, 7) is 6.08. The molecular weight excluding hydrogens is 474 g/mol. The number of hydrogen-bond donors (Lipinski definition) is 1. The maximum absolute atomic E-state index is 11.7. The van der Waals surface area contributed by atoms with E-state index in [1.54, 1.807) is 5.51 Å². The lowest BCUT2D eigenvalue weighted by atomic mass is 9.93. The first kappa shape index (κ1) is 24.5. The van der Waals surface area contributed by atoms with Crippen LogP contribution in [0.2, 0.25) is 0 Å². The Kier molecular flexibility index (Phi) is 7.98. The first-order valence-corrected chi connectivity index (χ1v) is 13.6. The number of hydrogen-bond acceptors (Lipinski definition) is 7. The van der Waals surface area contributed by atoms with Crippen LogP contribution in [0.5, 0.6) is 0 Å². The molecule has 2 aromatic heterocycles. The molecule has 2 saturated heterocycles. The predicted molar refractivity (Wildman–Crippen MR) is 143 cm³/mol. The third kappa shape index (κ3) is 5.96. The smallest absolute Gasteiger partial charge is 0.407 e. The molecule has 0 saturated carbocycles. The third-order valence-corrected chi connectivity index (χ3v) is 7.75. The summed E-state index contributed by atoms with van der Waals surface area (Å²) in [5.74, 6) is 1.53. The third-order valence-electron chi connectivity index (χ3n) is 7.12. The van der Waals surface area contributed by atoms with Crippen molar-refractivity contribution in [3.05, 3.63) is 59.0 Å². The maximum Gasteiger partial charge on any atom is 0.407 e. The first-order chi connectivity index (χ1) is 17.7. The maximum atomic E-state index is 11.7. The number of pyridine rings is 1. The lowest BCUT2D eigenvalue weighted by Crippen LogP contribution is -2.37. The summed E-state index contributed by atoms with van der Waals surface area (Å²) in [5, 5.41) is 11.5. The highest BCUT2D eigenvalue weighted by Crippen LogP contribution is 2.32. The number of morpholine rings is 1. The molecule has 0 bridgehead atoms. The fourth-order valence-corrected chi connectivity index (χ4v) is 5.61. The number of rotatable bonds is 8. The molecule has 0 atom stereocenters. The summed E-state index contributed by atoms with van der Waals surface area (Å²) >= 11 is 1.50. The van der Waals surface area contributed by atoms with Crippen LogP contribution >= 0.6 is 11.3 Å². The molecule has 2 fully saturated rings. The number of anilines is 2. The molecule has 1 N–H and O–H groups in total. The fourth-order valence-electron chi connectivity index (χ4n) is 5.06. The van der Waals surface area contributed by atoms with Crippen LogP contribution < -0.4 is 9.80 Å². The van der Waals surface area contributed by atoms with Crippen molar-refractivity contribution in [1.29, 1.82) is 0 Å². The topological polar surface area (TPSA) is 82.0 Å². The van der Waals surface area contributed by atoms with E-state index in [4.69, 9.17) is 9.72 Å². The molecule has 0 radical (unpaired) electrons. The van der Waals surface area contributed by atoms with Crippen molar-refractivity contribution in [1.82, 2.24) is 14.9 Å². The van der Waals surface area contributed by atoms with Crippen molar-refractivity contribution < 1.29 is 14.6 Å². The van der Waals surface area contributed by atoms with Crippen LogP contribution in [0.4, 0.5) is 16.3 Å². The molecule has 0 spiro atoms. The minimum atomic E-state index is -0.876. The average Bonchev–Trinajstić information content (AvgIpc) is 3.45. The van der Waals surface area contributed by atoms with Crippen molar-refractivity contribution >= 4 is 28.9 Å². The Hall–Kier alpha value is -3.17. The number of carboxylic acid groups (broad SMARTS) is 1. The standard InChI is InChI=1S/C27H33N5O3S/c33-27(34)32(18-22-19-36-20-28-22)13-10-21-8-11-31(12-9-21)26-7-3-5-24(29-26)23-4-1-2-6-25(23)30-14-16-35-17-15-30/h1-7,19-21H,8-18H2,(H,33,34). The minimum Gasteiger partial charge on any atom is -0.465 e. The lowest BCUT2D eigenvalue weighted by molar-refractivity contribution is 0.122. The number of benzene rings is 1. The number of amides is 1. The Morgan fingerprint density at radius 1 is 1.06 bits per heavy atom. The molecule has 4 heterocycles. The Balaban J connectivity index is 1.19. The van der Waals surface area contributed by atoms with Crippen LogP contribution in [0.3, 0.4) is 0 Å². The van der Waals surface area contributed by atoms with Crippen LogP contribution in [0.1, 0.15) is 25.0 Å². The molecule has 190 valence electrons. The molecule has 2 aliphatic rings. The van der Waals surface area contributed by atoms with E-state index in [0.717, 1.165) is 81.4 Å². The molecular formula is C27H33N5O3S. The largest absolute Gasteiger partial charge is 0.465 e. The van der Waals surface area contributed by atoms with Gasteiger partial charge in [0.1, 0.15) is 5.82 Å². The molecule has 0 aliphatic carbocycles. The highest BCUT2D eigenvalue weighted by molar-refractivity contribution is 7.07. The zero-order valence-electron chi connectivity index (χ0n) is 20.5. The van der Waals surface area contributed by atoms with Gasteiger partial charge in [-0.15, -0.1) is 11.3 Å². The second-order valence-corrected chi connectivity index (χ2v) is 10.1. The lowest BCUT2D eigenvalue weighted by Gasteiger charge is -2.34. The van der Waals surface area contributed by atoms with Gasteiger partial charge in [-0.05, 0) is 43.4 Å². The zero-order valence-corrected chi connectivity index (χ0v) is 21.3. The van der Waals surface area contributed by atoms with Crippen molar-refractivity contribution in [3.8, 4) is 11.3 Å². The summed E-state index contributed by atoms with van der Waals surface area (Å²) in [6, 6.07) is 14.8. The van der Waals surface area contributed by atoms with Gasteiger partial charge in [-0.2, -0.15) is 0 Å². The summed E-state index contributed by atoms with van der Waals surface area (Å²) in [5.41, 5.74) is 5.93. The Labute approximate surface area is 216 Å². The van der Waals surface area contributed by atoms with Crippen LogP contribution in [0.25, 0.3) is 11.3 Å². The van der Waals surface area contributed by atoms with Gasteiger partial charge in [0.15, 0.2) is 0 Å². The van der Waals surface area contributed by atoms with E-state index < -0.39 is 6.09 Å². The molecule has 2 aliphatic heterocycles. The van der Waals surface area contributed by atoms with E-state index in [1.807, 2.05) is 5.38 Å². The first-order valence-electron chi connectivity index (χ1n) is 12.7. The highest BCUT2D eigenvalue weighted by atomic mass is 32.1. The number of ether oxygens (including phenoxy) is 1. The number of piperidine rings is 1. The van der Waals surface area contributed by atoms with Gasteiger partial charge in [0, 0.05) is 49.4 Å². The predicted octanol–water partition coefficient (Wildman–Crippen LogP) is 4.83. The van der Waals surface area contributed by atoms with Crippen LogP contribution in [-0.2, 0) is 11.3 Å². The molecule has 1 aromatic carbocycles. The van der Waals surface area contributed by atoms with Gasteiger partial charge < -0.3 is 24.5 Å². The quantitative estimate of drug-likeness (QED) is 0.468. The van der Waals surface area contributed by atoms with E-state index >= 15 is 0 Å². The van der Waals surface area contributed by atoms with Gasteiger partial charge in [-0.3, -0.25) is 0 Å². The molecule has 1 amide bonds. The molecule has 3 aromatic rings. The summed E-state index contributed by atoms with van der Waals surface area (Å²) in [7, 11) is 0. The average molecular weight is 508 g/mol. The normalized spacial score (nSPS) is 16.8. The number of nitrogens with zero attached hydrogens (tertiary/aromatic N) is 5. The van der Waals surface area contributed by atoms with Gasteiger partial charge in [-0.1, -0.05) is 24.3 Å². The van der Waals surface area contributed by atoms with Gasteiger partial charge in [0.2, 0.25) is 0 Å². The number of carbonyl (C=O) groups is 1. The zero-order chi connectivity index (χ0) is 24.7. The van der Waals surface area contributed by atoms with Gasteiger partial charge in [0.25, 0.3) is 0 Å². The van der Waals surface area contributed by atoms with Gasteiger partial charge in [-0.25, -0.2) is 14.8 Å². The Bertz CT molecular complexity index is 1130. The van der Waals surface area contributed by atoms with Crippen molar-refractivity contribution in [3.63, 3.8) is 0 Å². The van der Waals surface area contributed by atoms with E-state index in [0.29, 0.717) is 19.0 Å². The van der Waals surface area contributed by atoms with Crippen LogP contribution in [-0.4, -0.2) is 72.0 Å². The molecule has 0 unspecified atom stereocenters. The minimum absolute atomic E-state index is 0.361. The van der Waals surface area contributed by atoms with E-state index in [2.05, 4.69) is 57.2 Å². The molecule has 9 heteroatoms. The SMILES string of the molecule is O=C(O)N(CCC1CCN(c2cccc(-c3ccccc3N3CCOCC3)n2)CC1)Cc1cscn1. The Morgan fingerprint density at radius 2 is 1.86 bits per heavy atom. The van der Waals surface area contributed by atoms with Gasteiger partial charge in [0.05, 0.1) is 36.7 Å². The highest BCUT2D eigenvalue weighted by Gasteiger charge is 2.23. The monoisotopic (exact) mass is 507 g/mol. The summed E-state index contributed by atoms with van der Waals surface area (Å²) in [4.78, 5) is 27.2. The number of para-hydroxylation sites is 1. The second-order valence-electron chi connectivity index (χ2n) is 9.40. The molecule has 8 nitrogen and oxygen atoms in total.